The van der Waals surface area contributed by atoms with Crippen molar-refractivity contribution in [1.82, 2.24) is 9.97 Å². The number of fused-ring (bicyclic) bond motifs is 3. The predicted octanol–water partition coefficient (Wildman–Crippen LogP) is 2.55. The zero-order valence-electron chi connectivity index (χ0n) is 18.9. The topological polar surface area (TPSA) is 141 Å². The SMILES string of the molecule is CC(C)c1nc(N(C)S(C)(=O)=O)nc2c1[C@@H](O)C(CC[C@@H](O)CC(=O)O)c1cc(F)ccc1-2. The number of benzene rings is 1. The summed E-state index contributed by atoms with van der Waals surface area (Å²) in [6.07, 6.45) is -1.38. The van der Waals surface area contributed by atoms with Crippen LogP contribution < -0.4 is 4.31 Å². The fourth-order valence-electron chi connectivity index (χ4n) is 4.12. The second-order valence-corrected chi connectivity index (χ2v) is 10.7. The van der Waals surface area contributed by atoms with Gasteiger partial charge in [0.05, 0.1) is 36.3 Å². The van der Waals surface area contributed by atoms with Gasteiger partial charge in [-0.1, -0.05) is 13.8 Å². The van der Waals surface area contributed by atoms with Gasteiger partial charge in [-0.15, -0.1) is 0 Å². The minimum absolute atomic E-state index is 0.0576. The first-order valence-corrected chi connectivity index (χ1v) is 12.4. The van der Waals surface area contributed by atoms with Gasteiger partial charge >= 0.3 is 5.97 Å². The first-order chi connectivity index (χ1) is 15.3. The molecule has 1 unspecified atom stereocenters. The maximum absolute atomic E-state index is 14.2. The number of carboxylic acids is 1. The summed E-state index contributed by atoms with van der Waals surface area (Å²) in [4.78, 5) is 19.8. The van der Waals surface area contributed by atoms with Crippen LogP contribution in [0, 0.1) is 5.82 Å². The molecule has 1 heterocycles. The van der Waals surface area contributed by atoms with E-state index in [-0.39, 0.29) is 24.7 Å². The van der Waals surface area contributed by atoms with Gasteiger partial charge in [-0.25, -0.2) is 27.1 Å². The van der Waals surface area contributed by atoms with E-state index >= 15 is 0 Å². The van der Waals surface area contributed by atoms with Crippen LogP contribution in [0.3, 0.4) is 0 Å². The number of carbonyl (C=O) groups is 1. The van der Waals surface area contributed by atoms with E-state index in [9.17, 15) is 27.8 Å². The van der Waals surface area contributed by atoms with Gasteiger partial charge in [-0.3, -0.25) is 4.79 Å². The van der Waals surface area contributed by atoms with Gasteiger partial charge in [0.15, 0.2) is 0 Å². The van der Waals surface area contributed by atoms with Crippen molar-refractivity contribution in [1.29, 1.82) is 0 Å². The zero-order chi connectivity index (χ0) is 24.7. The van der Waals surface area contributed by atoms with Crippen LogP contribution in [0.5, 0.6) is 0 Å². The molecule has 11 heteroatoms. The number of aliphatic hydroxyl groups excluding tert-OH is 2. The molecule has 33 heavy (non-hydrogen) atoms. The number of aliphatic hydroxyl groups is 2. The van der Waals surface area contributed by atoms with Crippen LogP contribution in [0.4, 0.5) is 10.3 Å². The van der Waals surface area contributed by atoms with E-state index < -0.39 is 46.4 Å². The Labute approximate surface area is 192 Å². The summed E-state index contributed by atoms with van der Waals surface area (Å²) in [6.45, 7) is 3.71. The van der Waals surface area contributed by atoms with Crippen LogP contribution in [0.2, 0.25) is 0 Å². The molecule has 0 aliphatic heterocycles. The number of hydrogen-bond donors (Lipinski definition) is 3. The van der Waals surface area contributed by atoms with Crippen molar-refractivity contribution in [3.63, 3.8) is 0 Å². The lowest BCUT2D eigenvalue weighted by Gasteiger charge is -2.34. The third kappa shape index (κ3) is 5.15. The van der Waals surface area contributed by atoms with E-state index in [1.165, 1.54) is 25.2 Å². The van der Waals surface area contributed by atoms with Crippen LogP contribution in [-0.4, -0.2) is 59.1 Å². The Bertz CT molecular complexity index is 1170. The molecular formula is C22H28FN3O6S. The van der Waals surface area contributed by atoms with Crippen LogP contribution in [0.1, 0.15) is 67.9 Å². The van der Waals surface area contributed by atoms with Gasteiger partial charge in [0, 0.05) is 24.1 Å². The molecule has 3 N–H and O–H groups in total. The standard InChI is InChI=1S/C22H28FN3O6S/c1-11(2)19-18-20(25-22(24-19)26(3)33(4,31)32)14-7-5-12(23)9-16(14)15(21(18)30)8-6-13(27)10-17(28)29/h5,7,9,11,13,15,21,27,30H,6,8,10H2,1-4H3,(H,28,29)/t13-,15?,21+/m1/s1. The normalized spacial score (nSPS) is 18.5. The number of hydrogen-bond acceptors (Lipinski definition) is 7. The van der Waals surface area contributed by atoms with Crippen LogP contribution in [0.15, 0.2) is 18.2 Å². The largest absolute Gasteiger partial charge is 0.481 e. The number of nitrogens with zero attached hydrogens (tertiary/aromatic N) is 3. The lowest BCUT2D eigenvalue weighted by Crippen LogP contribution is -2.29. The van der Waals surface area contributed by atoms with E-state index in [0.717, 1.165) is 10.6 Å². The summed E-state index contributed by atoms with van der Waals surface area (Å²) in [7, 11) is -2.32. The monoisotopic (exact) mass is 481 g/mol. The number of aliphatic carboxylic acids is 1. The number of anilines is 1. The molecule has 2 aromatic rings. The molecule has 3 rings (SSSR count). The van der Waals surface area contributed by atoms with Gasteiger partial charge in [0.1, 0.15) is 5.82 Å². The van der Waals surface area contributed by atoms with Crippen molar-refractivity contribution in [2.75, 3.05) is 17.6 Å². The summed E-state index contributed by atoms with van der Waals surface area (Å²) in [5.74, 6) is -2.54. The second kappa shape index (κ2) is 9.32. The van der Waals surface area contributed by atoms with Crippen molar-refractivity contribution in [3.05, 3.63) is 40.8 Å². The minimum Gasteiger partial charge on any atom is -0.481 e. The smallest absolute Gasteiger partial charge is 0.305 e. The number of rotatable bonds is 8. The summed E-state index contributed by atoms with van der Waals surface area (Å²) in [5.41, 5.74) is 2.20. The molecule has 0 saturated heterocycles. The van der Waals surface area contributed by atoms with Crippen LogP contribution in [0.25, 0.3) is 11.3 Å². The third-order valence-electron chi connectivity index (χ3n) is 5.86. The number of aromatic nitrogens is 2. The highest BCUT2D eigenvalue weighted by atomic mass is 32.2. The average Bonchev–Trinajstić information content (AvgIpc) is 2.70. The molecule has 0 radical (unpaired) electrons. The van der Waals surface area contributed by atoms with Crippen molar-refractivity contribution in [3.8, 4) is 11.3 Å². The quantitative estimate of drug-likeness (QED) is 0.522. The molecule has 0 spiro atoms. The molecule has 1 aliphatic rings. The first kappa shape index (κ1) is 25.0. The Morgan fingerprint density at radius 2 is 1.94 bits per heavy atom. The summed E-state index contributed by atoms with van der Waals surface area (Å²) < 4.78 is 39.3. The zero-order valence-corrected chi connectivity index (χ0v) is 19.7. The van der Waals surface area contributed by atoms with E-state index in [1.807, 2.05) is 13.8 Å². The fraction of sp³-hybridized carbons (Fsp3) is 0.500. The predicted molar refractivity (Wildman–Crippen MR) is 120 cm³/mol. The van der Waals surface area contributed by atoms with Gasteiger partial charge in [-0.05, 0) is 42.5 Å². The highest BCUT2D eigenvalue weighted by Crippen LogP contribution is 2.49. The number of carboxylic acid groups (broad SMARTS) is 1. The first-order valence-electron chi connectivity index (χ1n) is 10.5. The summed E-state index contributed by atoms with van der Waals surface area (Å²) in [6, 6.07) is 4.07. The second-order valence-electron chi connectivity index (χ2n) is 8.67. The van der Waals surface area contributed by atoms with E-state index in [0.29, 0.717) is 28.1 Å². The van der Waals surface area contributed by atoms with Crippen molar-refractivity contribution in [2.45, 2.75) is 57.2 Å². The molecule has 0 fully saturated rings. The van der Waals surface area contributed by atoms with E-state index in [4.69, 9.17) is 5.11 Å². The van der Waals surface area contributed by atoms with Gasteiger partial charge < -0.3 is 15.3 Å². The lowest BCUT2D eigenvalue weighted by atomic mass is 9.75. The molecule has 1 aliphatic carbocycles. The maximum Gasteiger partial charge on any atom is 0.305 e. The molecule has 3 atom stereocenters. The van der Waals surface area contributed by atoms with Crippen molar-refractivity contribution in [2.24, 2.45) is 0 Å². The number of sulfonamides is 1. The highest BCUT2D eigenvalue weighted by molar-refractivity contribution is 7.92. The van der Waals surface area contributed by atoms with Crippen molar-refractivity contribution < 1.29 is 32.9 Å². The Balaban J connectivity index is 2.17. The Morgan fingerprint density at radius 3 is 2.52 bits per heavy atom. The Kier molecular flexibility index (Phi) is 7.06. The van der Waals surface area contributed by atoms with E-state index in [1.54, 1.807) is 0 Å². The van der Waals surface area contributed by atoms with Gasteiger partial charge in [0.2, 0.25) is 16.0 Å². The van der Waals surface area contributed by atoms with Crippen molar-refractivity contribution >= 4 is 21.9 Å². The molecule has 9 nitrogen and oxygen atoms in total. The number of halogens is 1. The van der Waals surface area contributed by atoms with Crippen LogP contribution in [-0.2, 0) is 14.8 Å². The molecule has 1 aromatic carbocycles. The van der Waals surface area contributed by atoms with Gasteiger partial charge in [-0.2, -0.15) is 0 Å². The van der Waals surface area contributed by atoms with E-state index in [2.05, 4.69) is 9.97 Å². The van der Waals surface area contributed by atoms with Crippen LogP contribution >= 0.6 is 0 Å². The molecule has 1 aromatic heterocycles. The molecule has 0 bridgehead atoms. The fourth-order valence-corrected chi connectivity index (χ4v) is 4.50. The molecular weight excluding hydrogens is 453 g/mol. The summed E-state index contributed by atoms with van der Waals surface area (Å²) in [5, 5.41) is 30.3. The molecule has 0 saturated carbocycles. The maximum atomic E-state index is 14.2. The summed E-state index contributed by atoms with van der Waals surface area (Å²) >= 11 is 0. The Morgan fingerprint density at radius 1 is 1.27 bits per heavy atom. The highest BCUT2D eigenvalue weighted by Gasteiger charge is 2.38. The molecule has 180 valence electrons. The Hall–Kier alpha value is -2.63. The third-order valence-corrected chi connectivity index (χ3v) is 7.01. The van der Waals surface area contributed by atoms with Gasteiger partial charge in [0.25, 0.3) is 0 Å². The molecule has 0 amide bonds. The minimum atomic E-state index is -3.65. The average molecular weight is 482 g/mol. The lowest BCUT2D eigenvalue weighted by molar-refractivity contribution is -0.139.